The van der Waals surface area contributed by atoms with Gasteiger partial charge in [0.25, 0.3) is 0 Å². The average molecular weight is 192 g/mol. The molecule has 2 aromatic rings. The third-order valence-electron chi connectivity index (χ3n) is 1.92. The van der Waals surface area contributed by atoms with E-state index in [0.717, 1.165) is 0 Å². The maximum atomic E-state index is 10.8. The first kappa shape index (κ1) is 8.71. The lowest BCUT2D eigenvalue weighted by atomic mass is 10.3. The van der Waals surface area contributed by atoms with Crippen LogP contribution in [-0.2, 0) is 6.61 Å². The molecular weight excluding hydrogens is 184 g/mol. The van der Waals surface area contributed by atoms with Crippen LogP contribution < -0.4 is 0 Å². The van der Waals surface area contributed by atoms with Crippen LogP contribution in [0.4, 0.5) is 0 Å². The highest BCUT2D eigenvalue weighted by Crippen LogP contribution is 2.09. The van der Waals surface area contributed by atoms with Gasteiger partial charge >= 0.3 is 5.97 Å². The molecule has 0 saturated carbocycles. The van der Waals surface area contributed by atoms with E-state index in [1.54, 1.807) is 12.1 Å². The second-order valence-electron chi connectivity index (χ2n) is 2.83. The van der Waals surface area contributed by atoms with Crippen molar-refractivity contribution in [2.45, 2.75) is 6.61 Å². The van der Waals surface area contributed by atoms with Crippen molar-refractivity contribution in [3.8, 4) is 0 Å². The number of imidazole rings is 1. The molecule has 0 radical (unpaired) electrons. The number of carboxylic acids is 1. The summed E-state index contributed by atoms with van der Waals surface area (Å²) >= 11 is 0. The topological polar surface area (TPSA) is 74.8 Å². The van der Waals surface area contributed by atoms with Gasteiger partial charge < -0.3 is 10.2 Å². The molecule has 0 atom stereocenters. The van der Waals surface area contributed by atoms with Crippen molar-refractivity contribution in [1.29, 1.82) is 0 Å². The summed E-state index contributed by atoms with van der Waals surface area (Å²) in [7, 11) is 0. The summed E-state index contributed by atoms with van der Waals surface area (Å²) in [5.74, 6) is -1.02. The Hall–Kier alpha value is -1.88. The van der Waals surface area contributed by atoms with Gasteiger partial charge in [0.2, 0.25) is 0 Å². The Morgan fingerprint density at radius 1 is 1.50 bits per heavy atom. The van der Waals surface area contributed by atoms with Crippen molar-refractivity contribution in [3.63, 3.8) is 0 Å². The second-order valence-corrected chi connectivity index (χ2v) is 2.83. The largest absolute Gasteiger partial charge is 0.477 e. The zero-order chi connectivity index (χ0) is 10.1. The highest BCUT2D eigenvalue weighted by Gasteiger charge is 2.09. The summed E-state index contributed by atoms with van der Waals surface area (Å²) in [6.07, 6.45) is 1.51. The van der Waals surface area contributed by atoms with Gasteiger partial charge in [0.05, 0.1) is 12.3 Å². The molecule has 0 fully saturated rings. The quantitative estimate of drug-likeness (QED) is 0.727. The fourth-order valence-corrected chi connectivity index (χ4v) is 1.31. The average Bonchev–Trinajstić information content (AvgIpc) is 2.59. The molecule has 0 spiro atoms. The zero-order valence-corrected chi connectivity index (χ0v) is 7.21. The van der Waals surface area contributed by atoms with Crippen molar-refractivity contribution in [2.75, 3.05) is 0 Å². The van der Waals surface area contributed by atoms with Crippen molar-refractivity contribution in [1.82, 2.24) is 9.38 Å². The molecule has 5 heteroatoms. The lowest BCUT2D eigenvalue weighted by molar-refractivity contribution is 0.0689. The van der Waals surface area contributed by atoms with E-state index < -0.39 is 5.97 Å². The smallest absolute Gasteiger partial charge is 0.352 e. The van der Waals surface area contributed by atoms with Crippen LogP contribution in [0, 0.1) is 0 Å². The van der Waals surface area contributed by atoms with Gasteiger partial charge in [-0.3, -0.25) is 4.40 Å². The molecule has 2 rings (SSSR count). The van der Waals surface area contributed by atoms with E-state index in [-0.39, 0.29) is 12.3 Å². The predicted octanol–water partition coefficient (Wildman–Crippen LogP) is 0.525. The van der Waals surface area contributed by atoms with Crippen molar-refractivity contribution in [2.24, 2.45) is 0 Å². The molecule has 0 bridgehead atoms. The van der Waals surface area contributed by atoms with Gasteiger partial charge in [-0.05, 0) is 12.1 Å². The number of fused-ring (bicyclic) bond motifs is 1. The van der Waals surface area contributed by atoms with E-state index in [2.05, 4.69) is 4.98 Å². The standard InChI is InChI=1S/C9H8N2O3/c12-5-6-4-11-7(9(13)14)2-1-3-8(11)10-6/h1-4,12H,5H2,(H,13,14). The normalized spacial score (nSPS) is 10.6. The van der Waals surface area contributed by atoms with Crippen LogP contribution in [0.15, 0.2) is 24.4 Å². The van der Waals surface area contributed by atoms with Gasteiger partial charge in [-0.25, -0.2) is 9.78 Å². The van der Waals surface area contributed by atoms with Crippen LogP contribution >= 0.6 is 0 Å². The highest BCUT2D eigenvalue weighted by atomic mass is 16.4. The minimum absolute atomic E-state index is 0.134. The van der Waals surface area contributed by atoms with Gasteiger partial charge in [0.1, 0.15) is 11.3 Å². The van der Waals surface area contributed by atoms with Crippen molar-refractivity contribution < 1.29 is 15.0 Å². The molecule has 14 heavy (non-hydrogen) atoms. The summed E-state index contributed by atoms with van der Waals surface area (Å²) in [6, 6.07) is 4.79. The minimum atomic E-state index is -1.02. The van der Waals surface area contributed by atoms with Crippen LogP contribution in [-0.4, -0.2) is 25.6 Å². The molecule has 5 nitrogen and oxygen atoms in total. The summed E-state index contributed by atoms with van der Waals surface area (Å²) < 4.78 is 1.44. The molecule has 0 aliphatic rings. The molecule has 0 aliphatic carbocycles. The number of aromatic nitrogens is 2. The number of carbonyl (C=O) groups is 1. The lowest BCUT2D eigenvalue weighted by Gasteiger charge is -1.97. The number of rotatable bonds is 2. The van der Waals surface area contributed by atoms with E-state index in [4.69, 9.17) is 10.2 Å². The molecule has 0 saturated heterocycles. The Morgan fingerprint density at radius 2 is 2.29 bits per heavy atom. The Kier molecular flexibility index (Phi) is 1.94. The monoisotopic (exact) mass is 192 g/mol. The summed E-state index contributed by atoms with van der Waals surface area (Å²) in [6.45, 7) is -0.194. The Morgan fingerprint density at radius 3 is 2.93 bits per heavy atom. The van der Waals surface area contributed by atoms with Gasteiger partial charge in [-0.2, -0.15) is 0 Å². The molecule has 2 aromatic heterocycles. The Bertz CT molecular complexity index is 490. The van der Waals surface area contributed by atoms with Crippen LogP contribution in [0.1, 0.15) is 16.2 Å². The molecule has 2 N–H and O–H groups in total. The third kappa shape index (κ3) is 1.23. The first-order valence-corrected chi connectivity index (χ1v) is 4.03. The molecule has 0 aromatic carbocycles. The number of aliphatic hydroxyl groups is 1. The van der Waals surface area contributed by atoms with Crippen LogP contribution in [0.2, 0.25) is 0 Å². The number of hydrogen-bond donors (Lipinski definition) is 2. The third-order valence-corrected chi connectivity index (χ3v) is 1.92. The second kappa shape index (κ2) is 3.12. The van der Waals surface area contributed by atoms with E-state index in [0.29, 0.717) is 11.3 Å². The molecule has 0 unspecified atom stereocenters. The number of hydrogen-bond acceptors (Lipinski definition) is 3. The highest BCUT2D eigenvalue weighted by molar-refractivity contribution is 5.86. The molecule has 72 valence electrons. The maximum absolute atomic E-state index is 10.8. The molecule has 2 heterocycles. The van der Waals surface area contributed by atoms with E-state index >= 15 is 0 Å². The van der Waals surface area contributed by atoms with Gasteiger partial charge in [-0.15, -0.1) is 0 Å². The van der Waals surface area contributed by atoms with Crippen LogP contribution in [0.3, 0.4) is 0 Å². The number of aliphatic hydroxyl groups excluding tert-OH is 1. The van der Waals surface area contributed by atoms with Gasteiger partial charge in [0.15, 0.2) is 0 Å². The first-order chi connectivity index (χ1) is 6.72. The van der Waals surface area contributed by atoms with E-state index in [9.17, 15) is 4.79 Å². The lowest BCUT2D eigenvalue weighted by Crippen LogP contribution is -2.03. The minimum Gasteiger partial charge on any atom is -0.477 e. The Labute approximate surface area is 79.2 Å². The summed E-state index contributed by atoms with van der Waals surface area (Å²) in [4.78, 5) is 14.8. The summed E-state index contributed by atoms with van der Waals surface area (Å²) in [5, 5.41) is 17.7. The van der Waals surface area contributed by atoms with Gasteiger partial charge in [0, 0.05) is 6.20 Å². The SMILES string of the molecule is O=C(O)c1cccc2nc(CO)cn12. The first-order valence-electron chi connectivity index (χ1n) is 4.03. The van der Waals surface area contributed by atoms with Gasteiger partial charge in [-0.1, -0.05) is 6.07 Å². The number of carboxylic acid groups (broad SMARTS) is 1. The molecule has 0 aliphatic heterocycles. The van der Waals surface area contributed by atoms with Crippen molar-refractivity contribution >= 4 is 11.6 Å². The fourth-order valence-electron chi connectivity index (χ4n) is 1.31. The fraction of sp³-hybridized carbons (Fsp3) is 0.111. The Balaban J connectivity index is 2.73. The predicted molar refractivity (Wildman–Crippen MR) is 48.1 cm³/mol. The van der Waals surface area contributed by atoms with E-state index in [1.165, 1.54) is 16.7 Å². The summed E-state index contributed by atoms with van der Waals surface area (Å²) in [5.41, 5.74) is 1.11. The number of nitrogens with zero attached hydrogens (tertiary/aromatic N) is 2. The van der Waals surface area contributed by atoms with Crippen LogP contribution in [0.5, 0.6) is 0 Å². The number of pyridine rings is 1. The van der Waals surface area contributed by atoms with Crippen LogP contribution in [0.25, 0.3) is 5.65 Å². The zero-order valence-electron chi connectivity index (χ0n) is 7.21. The molecule has 0 amide bonds. The number of aromatic carboxylic acids is 1. The maximum Gasteiger partial charge on any atom is 0.352 e. The molecular formula is C9H8N2O3. The van der Waals surface area contributed by atoms with E-state index in [1.807, 2.05) is 0 Å². The van der Waals surface area contributed by atoms with Crippen molar-refractivity contribution in [3.05, 3.63) is 35.8 Å².